The Morgan fingerprint density at radius 3 is 2.47 bits per heavy atom. The van der Waals surface area contributed by atoms with E-state index < -0.39 is 0 Å². The van der Waals surface area contributed by atoms with Crippen LogP contribution in [0.4, 0.5) is 0 Å². The molecule has 0 fully saturated rings. The van der Waals surface area contributed by atoms with Crippen molar-refractivity contribution in [1.29, 1.82) is 0 Å². The highest BCUT2D eigenvalue weighted by atomic mass is 13.9. The lowest BCUT2D eigenvalue weighted by Crippen LogP contribution is -1.73. The zero-order valence-corrected chi connectivity index (χ0v) is 10.9. The summed E-state index contributed by atoms with van der Waals surface area (Å²) in [6.45, 7) is 2.25. The fraction of sp³-hybridized carbons (Fsp3) is 0.412. The average Bonchev–Trinajstić information content (AvgIpc) is 2.38. The Bertz CT molecular complexity index is 319. The molecule has 0 heteroatoms. The summed E-state index contributed by atoms with van der Waals surface area (Å²) >= 11 is 0. The van der Waals surface area contributed by atoms with E-state index in [9.17, 15) is 0 Å². The SMILES string of the molecule is CCCCCC/C=C/C/C=C/c1ccccc1. The molecule has 0 aromatic heterocycles. The van der Waals surface area contributed by atoms with Gasteiger partial charge in [0.1, 0.15) is 0 Å². The first kappa shape index (κ1) is 13.8. The summed E-state index contributed by atoms with van der Waals surface area (Å²) in [5, 5.41) is 0. The third-order valence-electron chi connectivity index (χ3n) is 2.77. The molecule has 0 spiro atoms. The van der Waals surface area contributed by atoms with Crippen LogP contribution in [0.25, 0.3) is 6.08 Å². The molecule has 1 rings (SSSR count). The monoisotopic (exact) mass is 228 g/mol. The Hall–Kier alpha value is -1.30. The Labute approximate surface area is 106 Å². The minimum atomic E-state index is 1.04. The Balaban J connectivity index is 2.07. The topological polar surface area (TPSA) is 0 Å². The van der Waals surface area contributed by atoms with Crippen LogP contribution in [0.5, 0.6) is 0 Å². The van der Waals surface area contributed by atoms with Crippen molar-refractivity contribution in [2.75, 3.05) is 0 Å². The van der Waals surface area contributed by atoms with Gasteiger partial charge in [-0.05, 0) is 24.8 Å². The molecule has 0 aliphatic rings. The molecule has 0 heterocycles. The highest BCUT2D eigenvalue weighted by molar-refractivity contribution is 5.48. The number of hydrogen-bond acceptors (Lipinski definition) is 0. The van der Waals surface area contributed by atoms with E-state index >= 15 is 0 Å². The van der Waals surface area contributed by atoms with Crippen LogP contribution in [0, 0.1) is 0 Å². The molecular formula is C17H24. The number of allylic oxidation sites excluding steroid dienone is 3. The standard InChI is InChI=1S/C17H24/c1-2-3-4-5-6-7-8-9-11-14-17-15-12-10-13-16-17/h7-8,10-16H,2-6,9H2,1H3/b8-7+,14-11+. The van der Waals surface area contributed by atoms with Gasteiger partial charge in [0, 0.05) is 0 Å². The second-order valence-electron chi connectivity index (χ2n) is 4.37. The lowest BCUT2D eigenvalue weighted by atomic mass is 10.1. The maximum Gasteiger partial charge on any atom is -0.0166 e. The largest absolute Gasteiger partial charge is 0.0882 e. The molecule has 0 bridgehead atoms. The first-order chi connectivity index (χ1) is 8.43. The summed E-state index contributed by atoms with van der Waals surface area (Å²) in [6.07, 6.45) is 16.7. The number of hydrogen-bond donors (Lipinski definition) is 0. The van der Waals surface area contributed by atoms with Crippen LogP contribution in [0.2, 0.25) is 0 Å². The highest BCUT2D eigenvalue weighted by Crippen LogP contribution is 2.04. The molecule has 0 amide bonds. The molecule has 0 saturated carbocycles. The van der Waals surface area contributed by atoms with Crippen LogP contribution in [0.1, 0.15) is 51.0 Å². The van der Waals surface area contributed by atoms with Crippen molar-refractivity contribution < 1.29 is 0 Å². The fourth-order valence-electron chi connectivity index (χ4n) is 1.75. The van der Waals surface area contributed by atoms with Gasteiger partial charge in [-0.1, -0.05) is 80.8 Å². The summed E-state index contributed by atoms with van der Waals surface area (Å²) < 4.78 is 0. The quantitative estimate of drug-likeness (QED) is 0.400. The molecule has 0 unspecified atom stereocenters. The van der Waals surface area contributed by atoms with Crippen molar-refractivity contribution in [2.24, 2.45) is 0 Å². The maximum absolute atomic E-state index is 2.31. The Kier molecular flexibility index (Phi) is 8.01. The van der Waals surface area contributed by atoms with Gasteiger partial charge in [0.05, 0.1) is 0 Å². The average molecular weight is 228 g/mol. The second-order valence-corrected chi connectivity index (χ2v) is 4.37. The van der Waals surface area contributed by atoms with Crippen molar-refractivity contribution in [3.8, 4) is 0 Å². The minimum Gasteiger partial charge on any atom is -0.0882 e. The van der Waals surface area contributed by atoms with E-state index in [0.29, 0.717) is 0 Å². The van der Waals surface area contributed by atoms with Gasteiger partial charge in [-0.2, -0.15) is 0 Å². The van der Waals surface area contributed by atoms with Crippen LogP contribution in [-0.4, -0.2) is 0 Å². The molecule has 0 N–H and O–H groups in total. The van der Waals surface area contributed by atoms with Crippen LogP contribution in [-0.2, 0) is 0 Å². The molecule has 0 aliphatic heterocycles. The predicted molar refractivity (Wildman–Crippen MR) is 78.0 cm³/mol. The van der Waals surface area contributed by atoms with Gasteiger partial charge in [0.25, 0.3) is 0 Å². The van der Waals surface area contributed by atoms with E-state index in [-0.39, 0.29) is 0 Å². The summed E-state index contributed by atoms with van der Waals surface area (Å²) in [7, 11) is 0. The van der Waals surface area contributed by atoms with E-state index in [2.05, 4.69) is 55.5 Å². The van der Waals surface area contributed by atoms with Gasteiger partial charge >= 0.3 is 0 Å². The van der Waals surface area contributed by atoms with Gasteiger partial charge in [-0.3, -0.25) is 0 Å². The molecule has 0 saturated heterocycles. The third kappa shape index (κ3) is 7.57. The zero-order chi connectivity index (χ0) is 12.2. The van der Waals surface area contributed by atoms with E-state index in [1.54, 1.807) is 0 Å². The molecule has 1 aromatic carbocycles. The van der Waals surface area contributed by atoms with Crippen molar-refractivity contribution in [1.82, 2.24) is 0 Å². The molecule has 92 valence electrons. The first-order valence-corrected chi connectivity index (χ1v) is 6.80. The van der Waals surface area contributed by atoms with Gasteiger partial charge in [0.2, 0.25) is 0 Å². The zero-order valence-electron chi connectivity index (χ0n) is 10.9. The van der Waals surface area contributed by atoms with Crippen LogP contribution >= 0.6 is 0 Å². The van der Waals surface area contributed by atoms with E-state index in [0.717, 1.165) is 6.42 Å². The molecular weight excluding hydrogens is 204 g/mol. The van der Waals surface area contributed by atoms with Gasteiger partial charge in [0.15, 0.2) is 0 Å². The number of rotatable bonds is 8. The molecule has 0 nitrogen and oxygen atoms in total. The van der Waals surface area contributed by atoms with E-state index in [1.807, 2.05) is 6.07 Å². The van der Waals surface area contributed by atoms with Crippen LogP contribution in [0.3, 0.4) is 0 Å². The van der Waals surface area contributed by atoms with Gasteiger partial charge in [-0.15, -0.1) is 0 Å². The Morgan fingerprint density at radius 1 is 0.882 bits per heavy atom. The normalized spacial score (nSPS) is 11.6. The van der Waals surface area contributed by atoms with Gasteiger partial charge in [-0.25, -0.2) is 0 Å². The third-order valence-corrected chi connectivity index (χ3v) is 2.77. The minimum absolute atomic E-state index is 1.04. The smallest absolute Gasteiger partial charge is 0.0166 e. The number of unbranched alkanes of at least 4 members (excludes halogenated alkanes) is 4. The molecule has 0 radical (unpaired) electrons. The highest BCUT2D eigenvalue weighted by Gasteiger charge is 1.84. The van der Waals surface area contributed by atoms with Crippen molar-refractivity contribution >= 4 is 6.08 Å². The molecule has 17 heavy (non-hydrogen) atoms. The summed E-state index contributed by atoms with van der Waals surface area (Å²) in [6, 6.07) is 10.5. The Morgan fingerprint density at radius 2 is 1.71 bits per heavy atom. The van der Waals surface area contributed by atoms with Crippen molar-refractivity contribution in [2.45, 2.75) is 45.4 Å². The molecule has 0 aliphatic carbocycles. The predicted octanol–water partition coefficient (Wildman–Crippen LogP) is 5.62. The van der Waals surface area contributed by atoms with Crippen LogP contribution < -0.4 is 0 Å². The summed E-state index contributed by atoms with van der Waals surface area (Å²) in [5.41, 5.74) is 1.28. The maximum atomic E-state index is 2.31. The van der Waals surface area contributed by atoms with E-state index in [1.165, 1.54) is 37.7 Å². The molecule has 0 atom stereocenters. The lowest BCUT2D eigenvalue weighted by Gasteiger charge is -1.93. The van der Waals surface area contributed by atoms with Gasteiger partial charge < -0.3 is 0 Å². The van der Waals surface area contributed by atoms with E-state index in [4.69, 9.17) is 0 Å². The second kappa shape index (κ2) is 9.89. The van der Waals surface area contributed by atoms with Crippen LogP contribution in [0.15, 0.2) is 48.6 Å². The van der Waals surface area contributed by atoms with Crippen molar-refractivity contribution in [3.05, 3.63) is 54.1 Å². The first-order valence-electron chi connectivity index (χ1n) is 6.80. The number of benzene rings is 1. The summed E-state index contributed by atoms with van der Waals surface area (Å²) in [4.78, 5) is 0. The molecule has 1 aromatic rings. The van der Waals surface area contributed by atoms with Crippen molar-refractivity contribution in [3.63, 3.8) is 0 Å². The lowest BCUT2D eigenvalue weighted by molar-refractivity contribution is 0.674. The summed E-state index contributed by atoms with van der Waals surface area (Å²) in [5.74, 6) is 0. The fourth-order valence-corrected chi connectivity index (χ4v) is 1.75.